The second kappa shape index (κ2) is 5.60. The van der Waals surface area contributed by atoms with Crippen molar-refractivity contribution in [3.63, 3.8) is 0 Å². The molecule has 2 aromatic heterocycles. The van der Waals surface area contributed by atoms with Gasteiger partial charge in [-0.2, -0.15) is 5.10 Å². The van der Waals surface area contributed by atoms with Gasteiger partial charge in [-0.25, -0.2) is 4.68 Å². The van der Waals surface area contributed by atoms with Gasteiger partial charge in [0.25, 0.3) is 0 Å². The van der Waals surface area contributed by atoms with Crippen molar-refractivity contribution in [3.8, 4) is 5.69 Å². The molecule has 112 valence electrons. The lowest BCUT2D eigenvalue weighted by atomic mass is 10.1. The zero-order valence-electron chi connectivity index (χ0n) is 13.3. The summed E-state index contributed by atoms with van der Waals surface area (Å²) in [5.41, 5.74) is 7.17. The van der Waals surface area contributed by atoms with Crippen LogP contribution in [0.3, 0.4) is 0 Å². The molecule has 0 unspecified atom stereocenters. The highest BCUT2D eigenvalue weighted by molar-refractivity contribution is 5.82. The van der Waals surface area contributed by atoms with Crippen LogP contribution in [0.25, 0.3) is 5.69 Å². The Balaban J connectivity index is 2.03. The lowest BCUT2D eigenvalue weighted by Crippen LogP contribution is -2.00. The molecule has 5 heteroatoms. The van der Waals surface area contributed by atoms with Crippen molar-refractivity contribution in [2.24, 2.45) is 5.10 Å². The Morgan fingerprint density at radius 2 is 1.55 bits per heavy atom. The third-order valence-corrected chi connectivity index (χ3v) is 3.67. The van der Waals surface area contributed by atoms with E-state index in [4.69, 9.17) is 0 Å². The van der Waals surface area contributed by atoms with Crippen molar-refractivity contribution in [1.29, 1.82) is 0 Å². The fourth-order valence-electron chi connectivity index (χ4n) is 2.78. The molecule has 0 aliphatic rings. The maximum absolute atomic E-state index is 4.33. The molecule has 0 fully saturated rings. The van der Waals surface area contributed by atoms with Crippen LogP contribution in [0.15, 0.2) is 42.0 Å². The molecule has 0 saturated heterocycles. The van der Waals surface area contributed by atoms with Crippen LogP contribution in [0.2, 0.25) is 0 Å². The molecule has 3 aromatic rings. The summed E-state index contributed by atoms with van der Waals surface area (Å²) in [5.74, 6) is 0. The van der Waals surface area contributed by atoms with Crippen molar-refractivity contribution in [2.45, 2.75) is 27.7 Å². The normalized spacial score (nSPS) is 11.5. The molecule has 2 heterocycles. The van der Waals surface area contributed by atoms with Gasteiger partial charge in [0, 0.05) is 22.6 Å². The van der Waals surface area contributed by atoms with Gasteiger partial charge >= 0.3 is 0 Å². The first-order valence-corrected chi connectivity index (χ1v) is 7.21. The van der Waals surface area contributed by atoms with Gasteiger partial charge in [-0.3, -0.25) is 0 Å². The molecule has 0 spiro atoms. The van der Waals surface area contributed by atoms with Crippen LogP contribution in [-0.2, 0) is 0 Å². The van der Waals surface area contributed by atoms with Crippen LogP contribution >= 0.6 is 0 Å². The van der Waals surface area contributed by atoms with Crippen molar-refractivity contribution in [1.82, 2.24) is 19.4 Å². The number of aromatic nitrogens is 4. The smallest absolute Gasteiger partial charge is 0.141 e. The zero-order valence-corrected chi connectivity index (χ0v) is 13.3. The van der Waals surface area contributed by atoms with E-state index in [2.05, 4.69) is 71.8 Å². The number of aryl methyl sites for hydroxylation is 3. The largest absolute Gasteiger partial charge is 0.318 e. The predicted octanol–water partition coefficient (Wildman–Crippen LogP) is 3.18. The Labute approximate surface area is 129 Å². The van der Waals surface area contributed by atoms with Crippen LogP contribution in [0.4, 0.5) is 0 Å². The zero-order chi connectivity index (χ0) is 15.7. The van der Waals surface area contributed by atoms with E-state index in [0.717, 1.165) is 5.56 Å². The van der Waals surface area contributed by atoms with Crippen molar-refractivity contribution < 1.29 is 0 Å². The summed E-state index contributed by atoms with van der Waals surface area (Å²) in [6, 6.07) is 8.73. The number of hydrogen-bond donors (Lipinski definition) is 0. The van der Waals surface area contributed by atoms with Crippen LogP contribution in [0, 0.1) is 27.7 Å². The second-order valence-electron chi connectivity index (χ2n) is 5.59. The predicted molar refractivity (Wildman–Crippen MR) is 87.7 cm³/mol. The average molecular weight is 293 g/mol. The molecule has 0 N–H and O–H groups in total. The van der Waals surface area contributed by atoms with Crippen molar-refractivity contribution in [2.75, 3.05) is 0 Å². The summed E-state index contributed by atoms with van der Waals surface area (Å²) < 4.78 is 3.84. The van der Waals surface area contributed by atoms with E-state index in [9.17, 15) is 0 Å². The van der Waals surface area contributed by atoms with E-state index < -0.39 is 0 Å². The van der Waals surface area contributed by atoms with Crippen molar-refractivity contribution >= 4 is 6.21 Å². The number of rotatable bonds is 3. The lowest BCUT2D eigenvalue weighted by Gasteiger charge is -2.11. The maximum atomic E-state index is 4.33. The van der Waals surface area contributed by atoms with Gasteiger partial charge in [-0.05, 0) is 57.0 Å². The Morgan fingerprint density at radius 3 is 2.18 bits per heavy atom. The van der Waals surface area contributed by atoms with E-state index in [1.54, 1.807) is 17.3 Å². The maximum Gasteiger partial charge on any atom is 0.141 e. The number of hydrogen-bond acceptors (Lipinski definition) is 3. The summed E-state index contributed by atoms with van der Waals surface area (Å²) in [5, 5.41) is 11.8. The fourth-order valence-corrected chi connectivity index (χ4v) is 2.78. The summed E-state index contributed by atoms with van der Waals surface area (Å²) in [4.78, 5) is 0. The summed E-state index contributed by atoms with van der Waals surface area (Å²) >= 11 is 0. The Hall–Kier alpha value is -2.69. The van der Waals surface area contributed by atoms with Crippen LogP contribution < -0.4 is 0 Å². The van der Waals surface area contributed by atoms with Crippen molar-refractivity contribution in [3.05, 3.63) is 65.0 Å². The van der Waals surface area contributed by atoms with E-state index in [0.29, 0.717) is 0 Å². The summed E-state index contributed by atoms with van der Waals surface area (Å²) in [6.45, 7) is 8.47. The van der Waals surface area contributed by atoms with E-state index in [1.165, 1.54) is 28.2 Å². The Kier molecular flexibility index (Phi) is 3.63. The quantitative estimate of drug-likeness (QED) is 0.696. The first-order valence-electron chi connectivity index (χ1n) is 7.21. The molecular weight excluding hydrogens is 274 g/mol. The Morgan fingerprint density at radius 1 is 0.909 bits per heavy atom. The molecule has 22 heavy (non-hydrogen) atoms. The van der Waals surface area contributed by atoms with Gasteiger partial charge in [-0.15, -0.1) is 10.2 Å². The van der Waals surface area contributed by atoms with Crippen LogP contribution in [-0.4, -0.2) is 25.7 Å². The molecule has 0 amide bonds. The molecule has 0 aliphatic heterocycles. The first-order chi connectivity index (χ1) is 10.5. The molecular formula is C17H19N5. The summed E-state index contributed by atoms with van der Waals surface area (Å²) in [6.07, 6.45) is 4.98. The second-order valence-corrected chi connectivity index (χ2v) is 5.59. The van der Waals surface area contributed by atoms with E-state index in [-0.39, 0.29) is 0 Å². The molecule has 0 radical (unpaired) electrons. The average Bonchev–Trinajstić information content (AvgIpc) is 3.04. The van der Waals surface area contributed by atoms with Crippen LogP contribution in [0.1, 0.15) is 28.1 Å². The minimum Gasteiger partial charge on any atom is -0.318 e. The number of benzene rings is 1. The third kappa shape index (κ3) is 2.70. The highest BCUT2D eigenvalue weighted by atomic mass is 15.4. The molecule has 0 aliphatic carbocycles. The van der Waals surface area contributed by atoms with Gasteiger partial charge in [0.15, 0.2) is 0 Å². The third-order valence-electron chi connectivity index (χ3n) is 3.67. The minimum absolute atomic E-state index is 1.09. The highest BCUT2D eigenvalue weighted by Crippen LogP contribution is 2.21. The summed E-state index contributed by atoms with van der Waals surface area (Å²) in [7, 11) is 0. The lowest BCUT2D eigenvalue weighted by molar-refractivity contribution is 0.877. The minimum atomic E-state index is 1.09. The van der Waals surface area contributed by atoms with Gasteiger partial charge in [-0.1, -0.05) is 6.07 Å². The van der Waals surface area contributed by atoms with Gasteiger partial charge in [0.2, 0.25) is 0 Å². The molecule has 1 aromatic carbocycles. The fraction of sp³-hybridized carbons (Fsp3) is 0.235. The monoisotopic (exact) mass is 293 g/mol. The SMILES string of the molecule is Cc1cc(C)cc(-n2c(C)cc(C=Nn3cnnc3)c2C)c1. The molecule has 0 saturated carbocycles. The highest BCUT2D eigenvalue weighted by Gasteiger charge is 2.10. The molecule has 3 rings (SSSR count). The van der Waals surface area contributed by atoms with Gasteiger partial charge in [0.05, 0.1) is 6.21 Å². The van der Waals surface area contributed by atoms with Gasteiger partial charge in [0.1, 0.15) is 12.7 Å². The van der Waals surface area contributed by atoms with Gasteiger partial charge < -0.3 is 4.57 Å². The molecule has 0 atom stereocenters. The first kappa shape index (κ1) is 14.3. The number of nitrogens with zero attached hydrogens (tertiary/aromatic N) is 5. The molecule has 0 bridgehead atoms. The van der Waals surface area contributed by atoms with Crippen LogP contribution in [0.5, 0.6) is 0 Å². The molecule has 5 nitrogen and oxygen atoms in total. The topological polar surface area (TPSA) is 48.0 Å². The van der Waals surface area contributed by atoms with E-state index in [1.807, 2.05) is 6.21 Å². The Bertz CT molecular complexity index is 805. The standard InChI is InChI=1S/C17H19N5/c1-12-5-13(2)7-17(6-12)22-14(3)8-16(15(22)4)9-20-21-10-18-19-11-21/h5-11H,1-4H3. The van der Waals surface area contributed by atoms with E-state index >= 15 is 0 Å².